The van der Waals surface area contributed by atoms with Crippen molar-refractivity contribution in [2.75, 3.05) is 10.6 Å². The standard InChI is InChI=1S/C63H45N7.C21H17N3/c1-7-19-46(20-8-1)58-43-61(49-25-13-4-14-26-49)68(64-58)55-37-31-52(32-38-55)67(53-33-39-56(40-34-53)69-62(50-27-15-5-16-28-50)44-59(65-69)47-21-9-2-10-22-47)54-35-41-57(42-36-54)70-63(51-29-17-6-18-30-51)45-60(66-70)48-23-11-3-12-24-48;22-18-11-13-19(14-12-18)24-21(17-9-5-2-6-10-17)15-20(23-24)16-7-3-1-4-8-16/h1-45H;1-15H,22H2. The van der Waals surface area contributed by atoms with Crippen LogP contribution in [0.1, 0.15) is 0 Å². The molecule has 0 aliphatic heterocycles. The first-order valence-corrected chi connectivity index (χ1v) is 31.3. The molecule has 0 saturated carbocycles. The summed E-state index contributed by atoms with van der Waals surface area (Å²) in [6.07, 6.45) is 0. The molecule has 16 aromatic rings. The lowest BCUT2D eigenvalue weighted by Crippen LogP contribution is -2.11. The van der Waals surface area contributed by atoms with Crippen LogP contribution in [0.2, 0.25) is 0 Å². The van der Waals surface area contributed by atoms with E-state index < -0.39 is 0 Å². The van der Waals surface area contributed by atoms with Gasteiger partial charge in [0.2, 0.25) is 0 Å². The van der Waals surface area contributed by atoms with E-state index in [9.17, 15) is 0 Å². The molecule has 0 fully saturated rings. The van der Waals surface area contributed by atoms with Gasteiger partial charge in [-0.2, -0.15) is 20.4 Å². The Hall–Kier alpha value is -12.9. The maximum atomic E-state index is 5.82. The van der Waals surface area contributed by atoms with E-state index in [1.165, 1.54) is 0 Å². The van der Waals surface area contributed by atoms with E-state index in [-0.39, 0.29) is 0 Å². The van der Waals surface area contributed by atoms with Crippen molar-refractivity contribution in [2.24, 2.45) is 0 Å². The minimum atomic E-state index is 0.746. The molecule has 0 amide bonds. The predicted octanol–water partition coefficient (Wildman–Crippen LogP) is 20.5. The Kier molecular flexibility index (Phi) is 16.1. The fourth-order valence-electron chi connectivity index (χ4n) is 11.9. The van der Waals surface area contributed by atoms with Gasteiger partial charge >= 0.3 is 0 Å². The number of nitrogens with zero attached hydrogens (tertiary/aromatic N) is 9. The molecule has 10 heteroatoms. The zero-order valence-electron chi connectivity index (χ0n) is 51.2. The Bertz CT molecular complexity index is 4720. The van der Waals surface area contributed by atoms with Crippen LogP contribution in [0.5, 0.6) is 0 Å². The Morgan fingerprint density at radius 2 is 0.383 bits per heavy atom. The fraction of sp³-hybridized carbons (Fsp3) is 0. The number of hydrogen-bond donors (Lipinski definition) is 1. The van der Waals surface area contributed by atoms with E-state index in [2.05, 4.69) is 272 Å². The maximum Gasteiger partial charge on any atom is 0.0934 e. The van der Waals surface area contributed by atoms with Gasteiger partial charge in [-0.15, -0.1) is 0 Å². The number of nitrogens with two attached hydrogens (primary N) is 1. The van der Waals surface area contributed by atoms with Gasteiger partial charge in [0.25, 0.3) is 0 Å². The Morgan fingerprint density at radius 3 is 0.585 bits per heavy atom. The van der Waals surface area contributed by atoms with Crippen LogP contribution in [-0.4, -0.2) is 39.1 Å². The molecule has 4 heterocycles. The number of benzene rings is 12. The van der Waals surface area contributed by atoms with Gasteiger partial charge in [-0.05, 0) is 121 Å². The normalized spacial score (nSPS) is 11.0. The smallest absolute Gasteiger partial charge is 0.0934 e. The Labute approximate surface area is 546 Å². The topological polar surface area (TPSA) is 101 Å². The molecule has 0 radical (unpaired) electrons. The molecule has 0 aliphatic rings. The van der Waals surface area contributed by atoms with Crippen LogP contribution in [-0.2, 0) is 0 Å². The second kappa shape index (κ2) is 26.3. The molecule has 12 aromatic carbocycles. The molecule has 0 saturated heterocycles. The second-order valence-corrected chi connectivity index (χ2v) is 22.7. The van der Waals surface area contributed by atoms with Crippen LogP contribution in [0.4, 0.5) is 22.7 Å². The largest absolute Gasteiger partial charge is 0.399 e. The minimum absolute atomic E-state index is 0.746. The van der Waals surface area contributed by atoms with E-state index in [0.29, 0.717) is 0 Å². The van der Waals surface area contributed by atoms with E-state index in [0.717, 1.165) is 136 Å². The summed E-state index contributed by atoms with van der Waals surface area (Å²) >= 11 is 0. The van der Waals surface area contributed by atoms with Crippen molar-refractivity contribution < 1.29 is 0 Å². The molecule has 0 atom stereocenters. The Morgan fingerprint density at radius 1 is 0.202 bits per heavy atom. The third-order valence-corrected chi connectivity index (χ3v) is 16.6. The van der Waals surface area contributed by atoms with Gasteiger partial charge in [-0.3, -0.25) is 0 Å². The van der Waals surface area contributed by atoms with Gasteiger partial charge in [0.05, 0.1) is 68.3 Å². The summed E-state index contributed by atoms with van der Waals surface area (Å²) in [6.45, 7) is 0. The van der Waals surface area contributed by atoms with Crippen LogP contribution in [0.15, 0.2) is 364 Å². The summed E-state index contributed by atoms with van der Waals surface area (Å²) in [5.74, 6) is 0. The van der Waals surface area contributed by atoms with Gasteiger partial charge in [0.1, 0.15) is 0 Å². The fourth-order valence-corrected chi connectivity index (χ4v) is 11.9. The third kappa shape index (κ3) is 12.2. The summed E-state index contributed by atoms with van der Waals surface area (Å²) in [7, 11) is 0. The lowest BCUT2D eigenvalue weighted by atomic mass is 10.1. The summed E-state index contributed by atoms with van der Waals surface area (Å²) in [5, 5.41) is 20.4. The lowest BCUT2D eigenvalue weighted by molar-refractivity contribution is 0.890. The van der Waals surface area contributed by atoms with Crippen LogP contribution < -0.4 is 10.6 Å². The molecular formula is C84H62N10. The van der Waals surface area contributed by atoms with Gasteiger partial charge < -0.3 is 10.6 Å². The van der Waals surface area contributed by atoms with Crippen LogP contribution >= 0.6 is 0 Å². The summed E-state index contributed by atoms with van der Waals surface area (Å²) in [5.41, 5.74) is 29.9. The van der Waals surface area contributed by atoms with Gasteiger partial charge in [-0.25, -0.2) is 18.7 Å². The van der Waals surface area contributed by atoms with Gasteiger partial charge in [-0.1, -0.05) is 243 Å². The highest BCUT2D eigenvalue weighted by Crippen LogP contribution is 2.39. The molecule has 448 valence electrons. The van der Waals surface area contributed by atoms with E-state index in [1.54, 1.807) is 0 Å². The van der Waals surface area contributed by atoms with Crippen molar-refractivity contribution in [3.05, 3.63) is 364 Å². The maximum absolute atomic E-state index is 5.82. The average Bonchev–Trinajstić information content (AvgIpc) is 1.66. The van der Waals surface area contributed by atoms with Crippen LogP contribution in [0, 0.1) is 0 Å². The summed E-state index contributed by atoms with van der Waals surface area (Å²) < 4.78 is 8.11. The first-order chi connectivity index (χ1) is 46.5. The molecule has 0 spiro atoms. The van der Waals surface area contributed by atoms with Crippen molar-refractivity contribution in [1.29, 1.82) is 0 Å². The zero-order chi connectivity index (χ0) is 63.0. The predicted molar refractivity (Wildman–Crippen MR) is 384 cm³/mol. The molecule has 0 unspecified atom stereocenters. The molecule has 16 rings (SSSR count). The molecular weight excluding hydrogens is 1150 g/mol. The first kappa shape index (κ1) is 57.5. The second-order valence-electron chi connectivity index (χ2n) is 22.7. The lowest BCUT2D eigenvalue weighted by Gasteiger charge is -2.26. The van der Waals surface area contributed by atoms with E-state index >= 15 is 0 Å². The number of hydrogen-bond acceptors (Lipinski definition) is 6. The van der Waals surface area contributed by atoms with E-state index in [4.69, 9.17) is 26.1 Å². The average molecular weight is 1210 g/mol. The molecule has 94 heavy (non-hydrogen) atoms. The molecule has 10 nitrogen and oxygen atoms in total. The zero-order valence-corrected chi connectivity index (χ0v) is 51.2. The molecule has 2 N–H and O–H groups in total. The molecule has 4 aromatic heterocycles. The highest BCUT2D eigenvalue weighted by molar-refractivity contribution is 5.80. The van der Waals surface area contributed by atoms with Crippen LogP contribution in [0.25, 0.3) is 113 Å². The van der Waals surface area contributed by atoms with Crippen molar-refractivity contribution in [3.8, 4) is 113 Å². The minimum Gasteiger partial charge on any atom is -0.399 e. The molecule has 0 bridgehead atoms. The number of aromatic nitrogens is 8. The van der Waals surface area contributed by atoms with Crippen molar-refractivity contribution >= 4 is 22.7 Å². The highest BCUT2D eigenvalue weighted by atomic mass is 15.3. The monoisotopic (exact) mass is 1210 g/mol. The Balaban J connectivity index is 0.000000254. The molecule has 0 aliphatic carbocycles. The highest BCUT2D eigenvalue weighted by Gasteiger charge is 2.21. The van der Waals surface area contributed by atoms with Gasteiger partial charge in [0, 0.05) is 67.3 Å². The number of rotatable bonds is 15. The van der Waals surface area contributed by atoms with Gasteiger partial charge in [0.15, 0.2) is 0 Å². The van der Waals surface area contributed by atoms with E-state index in [1.807, 2.05) is 116 Å². The van der Waals surface area contributed by atoms with Crippen molar-refractivity contribution in [2.45, 2.75) is 0 Å². The quantitative estimate of drug-likeness (QED) is 0.103. The summed E-state index contributed by atoms with van der Waals surface area (Å²) in [6, 6.07) is 125. The number of anilines is 4. The summed E-state index contributed by atoms with van der Waals surface area (Å²) in [4.78, 5) is 2.29. The third-order valence-electron chi connectivity index (χ3n) is 16.6. The van der Waals surface area contributed by atoms with Crippen molar-refractivity contribution in [1.82, 2.24) is 39.1 Å². The van der Waals surface area contributed by atoms with Crippen molar-refractivity contribution in [3.63, 3.8) is 0 Å². The number of nitrogen functional groups attached to an aromatic ring is 1. The first-order valence-electron chi connectivity index (χ1n) is 31.3. The van der Waals surface area contributed by atoms with Crippen LogP contribution in [0.3, 0.4) is 0 Å². The SMILES string of the molecule is Nc1ccc(-n2nc(-c3ccccc3)cc2-c2ccccc2)cc1.c1ccc(-c2cc(-c3ccccc3)n(-c3ccc(N(c4ccc(-n5nc(-c6ccccc6)cc5-c5ccccc5)cc4)c4ccc(-n5nc(-c6ccccc6)cc5-c5ccccc5)cc4)cc3)n2)cc1.